The van der Waals surface area contributed by atoms with Crippen LogP contribution in [0.25, 0.3) is 10.9 Å². The SMILES string of the molecule is FC(F)(F)c1ccc2ncnc(I)c2c1. The van der Waals surface area contributed by atoms with Gasteiger partial charge in [-0.3, -0.25) is 0 Å². The molecule has 15 heavy (non-hydrogen) atoms. The van der Waals surface area contributed by atoms with E-state index in [-0.39, 0.29) is 0 Å². The van der Waals surface area contributed by atoms with E-state index in [1.165, 1.54) is 12.4 Å². The van der Waals surface area contributed by atoms with Gasteiger partial charge in [0.25, 0.3) is 0 Å². The molecule has 0 saturated carbocycles. The van der Waals surface area contributed by atoms with Crippen molar-refractivity contribution in [3.63, 3.8) is 0 Å². The van der Waals surface area contributed by atoms with Crippen LogP contribution in [0.3, 0.4) is 0 Å². The second kappa shape index (κ2) is 3.58. The zero-order chi connectivity index (χ0) is 11.1. The molecule has 1 heterocycles. The monoisotopic (exact) mass is 324 g/mol. The average Bonchev–Trinajstić information content (AvgIpc) is 2.16. The fourth-order valence-corrected chi connectivity index (χ4v) is 1.76. The first kappa shape index (κ1) is 10.6. The Morgan fingerprint density at radius 2 is 1.87 bits per heavy atom. The zero-order valence-electron chi connectivity index (χ0n) is 7.22. The topological polar surface area (TPSA) is 25.8 Å². The summed E-state index contributed by atoms with van der Waals surface area (Å²) in [5.41, 5.74) is -0.162. The summed E-state index contributed by atoms with van der Waals surface area (Å²) in [6, 6.07) is 3.44. The molecule has 0 bridgehead atoms. The van der Waals surface area contributed by atoms with Crippen molar-refractivity contribution in [1.29, 1.82) is 0 Å². The fraction of sp³-hybridized carbons (Fsp3) is 0.111. The summed E-state index contributed by atoms with van der Waals surface area (Å²) in [6.45, 7) is 0. The molecular weight excluding hydrogens is 320 g/mol. The van der Waals surface area contributed by atoms with Gasteiger partial charge in [-0.2, -0.15) is 13.2 Å². The first-order valence-electron chi connectivity index (χ1n) is 3.96. The molecule has 0 spiro atoms. The quantitative estimate of drug-likeness (QED) is 0.549. The predicted molar refractivity (Wildman–Crippen MR) is 57.3 cm³/mol. The molecule has 6 heteroatoms. The van der Waals surface area contributed by atoms with Crippen molar-refractivity contribution in [1.82, 2.24) is 9.97 Å². The molecule has 0 aliphatic carbocycles. The van der Waals surface area contributed by atoms with Gasteiger partial charge in [0.15, 0.2) is 0 Å². The summed E-state index contributed by atoms with van der Waals surface area (Å²) in [5.74, 6) is 0. The van der Waals surface area contributed by atoms with Gasteiger partial charge in [0, 0.05) is 5.39 Å². The van der Waals surface area contributed by atoms with Crippen molar-refractivity contribution < 1.29 is 13.2 Å². The molecule has 0 unspecified atom stereocenters. The maximum Gasteiger partial charge on any atom is 0.416 e. The first-order valence-corrected chi connectivity index (χ1v) is 5.04. The number of alkyl halides is 3. The predicted octanol–water partition coefficient (Wildman–Crippen LogP) is 3.25. The normalized spacial score (nSPS) is 12.0. The Balaban J connectivity index is 2.70. The lowest BCUT2D eigenvalue weighted by Crippen LogP contribution is -2.04. The second-order valence-electron chi connectivity index (χ2n) is 2.89. The average molecular weight is 324 g/mol. The maximum atomic E-state index is 12.4. The van der Waals surface area contributed by atoms with Gasteiger partial charge < -0.3 is 0 Å². The van der Waals surface area contributed by atoms with Crippen molar-refractivity contribution >= 4 is 33.5 Å². The van der Waals surface area contributed by atoms with Crippen LogP contribution in [-0.2, 0) is 6.18 Å². The number of hydrogen-bond donors (Lipinski definition) is 0. The molecular formula is C9H4F3IN2. The van der Waals surface area contributed by atoms with Crippen LogP contribution in [0.1, 0.15) is 5.56 Å². The summed E-state index contributed by atoms with van der Waals surface area (Å²) in [7, 11) is 0. The third kappa shape index (κ3) is 2.04. The number of nitrogens with zero attached hydrogens (tertiary/aromatic N) is 2. The molecule has 0 atom stereocenters. The highest BCUT2D eigenvalue weighted by atomic mass is 127. The summed E-state index contributed by atoms with van der Waals surface area (Å²) in [4.78, 5) is 7.72. The lowest BCUT2D eigenvalue weighted by molar-refractivity contribution is -0.137. The van der Waals surface area contributed by atoms with E-state index in [1.807, 2.05) is 22.6 Å². The van der Waals surface area contributed by atoms with E-state index in [4.69, 9.17) is 0 Å². The maximum absolute atomic E-state index is 12.4. The van der Waals surface area contributed by atoms with Gasteiger partial charge in [-0.05, 0) is 40.8 Å². The van der Waals surface area contributed by atoms with Crippen LogP contribution in [0.2, 0.25) is 0 Å². The van der Waals surface area contributed by atoms with E-state index in [0.717, 1.165) is 12.1 Å². The zero-order valence-corrected chi connectivity index (χ0v) is 9.37. The highest BCUT2D eigenvalue weighted by molar-refractivity contribution is 14.1. The van der Waals surface area contributed by atoms with Crippen molar-refractivity contribution in [3.05, 3.63) is 33.8 Å². The van der Waals surface area contributed by atoms with Crippen molar-refractivity contribution in [2.45, 2.75) is 6.18 Å². The molecule has 2 nitrogen and oxygen atoms in total. The molecule has 0 fully saturated rings. The number of aromatic nitrogens is 2. The van der Waals surface area contributed by atoms with Gasteiger partial charge in [0.05, 0.1) is 11.1 Å². The van der Waals surface area contributed by atoms with E-state index in [9.17, 15) is 13.2 Å². The summed E-state index contributed by atoms with van der Waals surface area (Å²) < 4.78 is 37.7. The molecule has 1 aromatic carbocycles. The number of benzene rings is 1. The number of rotatable bonds is 0. The third-order valence-corrected chi connectivity index (χ3v) is 2.77. The third-order valence-electron chi connectivity index (χ3n) is 1.91. The highest BCUT2D eigenvalue weighted by Crippen LogP contribution is 2.31. The van der Waals surface area contributed by atoms with Gasteiger partial charge in [-0.1, -0.05) is 0 Å². The van der Waals surface area contributed by atoms with E-state index < -0.39 is 11.7 Å². The molecule has 2 rings (SSSR count). The largest absolute Gasteiger partial charge is 0.416 e. The fourth-order valence-electron chi connectivity index (χ4n) is 1.20. The summed E-state index contributed by atoms with van der Waals surface area (Å²) in [5, 5.41) is 0.424. The smallest absolute Gasteiger partial charge is 0.236 e. The molecule has 0 N–H and O–H groups in total. The Hall–Kier alpha value is -0.920. The Kier molecular flexibility index (Phi) is 2.53. The summed E-state index contributed by atoms with van der Waals surface area (Å²) in [6.07, 6.45) is -3.00. The number of halogens is 4. The molecule has 1 aromatic heterocycles. The van der Waals surface area contributed by atoms with E-state index >= 15 is 0 Å². The first-order chi connectivity index (χ1) is 6.98. The minimum Gasteiger partial charge on any atom is -0.236 e. The highest BCUT2D eigenvalue weighted by Gasteiger charge is 2.30. The number of hydrogen-bond acceptors (Lipinski definition) is 2. The second-order valence-corrected chi connectivity index (χ2v) is 3.92. The molecule has 0 aliphatic heterocycles. The van der Waals surface area contributed by atoms with Gasteiger partial charge in [0.2, 0.25) is 0 Å². The Morgan fingerprint density at radius 3 is 2.53 bits per heavy atom. The van der Waals surface area contributed by atoms with Crippen LogP contribution < -0.4 is 0 Å². The van der Waals surface area contributed by atoms with Crippen LogP contribution in [0.5, 0.6) is 0 Å². The molecule has 78 valence electrons. The van der Waals surface area contributed by atoms with E-state index in [1.54, 1.807) is 0 Å². The van der Waals surface area contributed by atoms with Gasteiger partial charge in [0.1, 0.15) is 10.0 Å². The minimum atomic E-state index is -4.33. The minimum absolute atomic E-state index is 0.424. The molecule has 0 amide bonds. The van der Waals surface area contributed by atoms with Crippen LogP contribution in [0.15, 0.2) is 24.5 Å². The van der Waals surface area contributed by atoms with Crippen LogP contribution in [-0.4, -0.2) is 9.97 Å². The van der Waals surface area contributed by atoms with Crippen molar-refractivity contribution in [3.8, 4) is 0 Å². The Labute approximate surface area is 96.7 Å². The van der Waals surface area contributed by atoms with Gasteiger partial charge >= 0.3 is 6.18 Å². The number of fused-ring (bicyclic) bond motifs is 1. The molecule has 2 aromatic rings. The van der Waals surface area contributed by atoms with Crippen LogP contribution >= 0.6 is 22.6 Å². The van der Waals surface area contributed by atoms with E-state index in [0.29, 0.717) is 14.6 Å². The van der Waals surface area contributed by atoms with E-state index in [2.05, 4.69) is 9.97 Å². The Bertz CT molecular complexity index is 510. The van der Waals surface area contributed by atoms with Gasteiger partial charge in [-0.15, -0.1) is 0 Å². The molecule has 0 radical (unpaired) electrons. The molecule has 0 aliphatic rings. The standard InChI is InChI=1S/C9H4F3IN2/c10-9(11,12)5-1-2-7-6(3-5)8(13)15-4-14-7/h1-4H. The van der Waals surface area contributed by atoms with Crippen molar-refractivity contribution in [2.75, 3.05) is 0 Å². The van der Waals surface area contributed by atoms with Crippen LogP contribution in [0, 0.1) is 3.70 Å². The summed E-state index contributed by atoms with van der Waals surface area (Å²) >= 11 is 1.88. The van der Waals surface area contributed by atoms with Crippen LogP contribution in [0.4, 0.5) is 13.2 Å². The van der Waals surface area contributed by atoms with Crippen molar-refractivity contribution in [2.24, 2.45) is 0 Å². The Morgan fingerprint density at radius 1 is 1.13 bits per heavy atom. The lowest BCUT2D eigenvalue weighted by atomic mass is 10.1. The lowest BCUT2D eigenvalue weighted by Gasteiger charge is -2.07. The molecule has 0 saturated heterocycles. The van der Waals surface area contributed by atoms with Gasteiger partial charge in [-0.25, -0.2) is 9.97 Å².